The second-order valence-corrected chi connectivity index (χ2v) is 10.1. The number of carbonyl (C=O) groups is 1. The minimum atomic E-state index is -0.212. The lowest BCUT2D eigenvalue weighted by Crippen LogP contribution is -2.53. The molecule has 0 aliphatic carbocycles. The van der Waals surface area contributed by atoms with Gasteiger partial charge in [0.1, 0.15) is 11.6 Å². The summed E-state index contributed by atoms with van der Waals surface area (Å²) in [6, 6.07) is 17.2. The summed E-state index contributed by atoms with van der Waals surface area (Å²) in [6.45, 7) is 2.06. The molecule has 6 heteroatoms. The Hall–Kier alpha value is -2.99. The van der Waals surface area contributed by atoms with Gasteiger partial charge in [0.05, 0.1) is 0 Å². The summed E-state index contributed by atoms with van der Waals surface area (Å²) in [5.41, 5.74) is 3.30. The molecule has 6 rings (SSSR count). The van der Waals surface area contributed by atoms with Crippen LogP contribution in [0.15, 0.2) is 54.6 Å². The molecule has 34 heavy (non-hydrogen) atoms. The Morgan fingerprint density at radius 3 is 2.41 bits per heavy atom. The van der Waals surface area contributed by atoms with E-state index in [1.54, 1.807) is 18.2 Å². The van der Waals surface area contributed by atoms with E-state index in [9.17, 15) is 13.6 Å². The highest BCUT2D eigenvalue weighted by molar-refractivity contribution is 5.83. The van der Waals surface area contributed by atoms with E-state index in [2.05, 4.69) is 22.3 Å². The maximum atomic E-state index is 13.5. The topological polar surface area (TPSA) is 35.6 Å². The predicted octanol–water partition coefficient (Wildman–Crippen LogP) is 5.38. The summed E-state index contributed by atoms with van der Waals surface area (Å²) in [5.74, 6) is -0.415. The first kappa shape index (κ1) is 21.5. The van der Waals surface area contributed by atoms with Crippen LogP contribution in [-0.4, -0.2) is 40.5 Å². The van der Waals surface area contributed by atoms with Crippen LogP contribution in [0.5, 0.6) is 0 Å². The number of fused-ring (bicyclic) bond motifs is 4. The number of urea groups is 1. The maximum absolute atomic E-state index is 13.5. The molecule has 3 aromatic rings. The van der Waals surface area contributed by atoms with Crippen LogP contribution in [-0.2, 0) is 19.5 Å². The van der Waals surface area contributed by atoms with Gasteiger partial charge in [0.15, 0.2) is 0 Å². The molecule has 3 aliphatic rings. The summed E-state index contributed by atoms with van der Waals surface area (Å²) < 4.78 is 27.0. The number of hydrogen-bond acceptors (Lipinski definition) is 2. The van der Waals surface area contributed by atoms with Crippen molar-refractivity contribution in [3.05, 3.63) is 82.9 Å². The highest BCUT2D eigenvalue weighted by Gasteiger charge is 2.41. The van der Waals surface area contributed by atoms with Crippen molar-refractivity contribution < 1.29 is 13.6 Å². The largest absolute Gasteiger partial charge is 0.335 e. The first-order chi connectivity index (χ1) is 16.5. The molecule has 176 valence electrons. The van der Waals surface area contributed by atoms with Crippen molar-refractivity contribution in [1.82, 2.24) is 15.1 Å². The van der Waals surface area contributed by atoms with E-state index in [-0.39, 0.29) is 23.7 Å². The third-order valence-electron chi connectivity index (χ3n) is 7.91. The minimum Gasteiger partial charge on any atom is -0.335 e. The zero-order chi connectivity index (χ0) is 23.2. The fourth-order valence-electron chi connectivity index (χ4n) is 6.19. The van der Waals surface area contributed by atoms with Crippen molar-refractivity contribution >= 4 is 16.8 Å². The molecule has 0 aromatic heterocycles. The highest BCUT2D eigenvalue weighted by atomic mass is 19.1. The van der Waals surface area contributed by atoms with Gasteiger partial charge in [-0.25, -0.2) is 13.6 Å². The van der Waals surface area contributed by atoms with E-state index in [0.717, 1.165) is 41.3 Å². The summed E-state index contributed by atoms with van der Waals surface area (Å²) in [6.07, 6.45) is 4.97. The Kier molecular flexibility index (Phi) is 5.48. The molecule has 0 unspecified atom stereocenters. The van der Waals surface area contributed by atoms with Gasteiger partial charge in [-0.1, -0.05) is 24.3 Å². The second-order valence-electron chi connectivity index (χ2n) is 10.1. The summed E-state index contributed by atoms with van der Waals surface area (Å²) in [4.78, 5) is 17.4. The van der Waals surface area contributed by atoms with Crippen molar-refractivity contribution in [2.75, 3.05) is 6.54 Å². The van der Waals surface area contributed by atoms with Crippen LogP contribution in [0.3, 0.4) is 0 Å². The van der Waals surface area contributed by atoms with Crippen LogP contribution < -0.4 is 5.32 Å². The van der Waals surface area contributed by atoms with Gasteiger partial charge in [-0.3, -0.25) is 4.90 Å². The predicted molar refractivity (Wildman–Crippen MR) is 128 cm³/mol. The zero-order valence-electron chi connectivity index (χ0n) is 19.1. The Bertz CT molecular complexity index is 1230. The number of benzene rings is 3. The Morgan fingerprint density at radius 1 is 0.882 bits per heavy atom. The molecule has 1 N–H and O–H groups in total. The van der Waals surface area contributed by atoms with Crippen LogP contribution in [0.4, 0.5) is 13.6 Å². The standard InChI is InChI=1S/C28H29F2N3O/c29-23-5-3-19-11-18(1-2-20(19)12-23)16-33-26-7-8-27(33)15-25(14-26)31-28(34)32-10-9-21-13-24(30)6-4-22(21)17-32/h1-6,11-13,25-27H,7-10,14-17H2,(H,31,34)/t26-,27-/m1/s1. The van der Waals surface area contributed by atoms with E-state index in [4.69, 9.17) is 0 Å². The van der Waals surface area contributed by atoms with Crippen LogP contribution in [0.2, 0.25) is 0 Å². The van der Waals surface area contributed by atoms with Crippen molar-refractivity contribution in [3.8, 4) is 0 Å². The van der Waals surface area contributed by atoms with Crippen LogP contribution >= 0.6 is 0 Å². The molecule has 2 bridgehead atoms. The number of nitrogens with one attached hydrogen (secondary N) is 1. The molecule has 2 saturated heterocycles. The van der Waals surface area contributed by atoms with Crippen molar-refractivity contribution in [1.29, 1.82) is 0 Å². The first-order valence-electron chi connectivity index (χ1n) is 12.3. The molecule has 0 spiro atoms. The van der Waals surface area contributed by atoms with Crippen molar-refractivity contribution in [3.63, 3.8) is 0 Å². The van der Waals surface area contributed by atoms with Crippen molar-refractivity contribution in [2.24, 2.45) is 0 Å². The molecule has 0 radical (unpaired) electrons. The summed E-state index contributed by atoms with van der Waals surface area (Å²) >= 11 is 0. The number of halogens is 2. The smallest absolute Gasteiger partial charge is 0.317 e. The van der Waals surface area contributed by atoms with Gasteiger partial charge in [0, 0.05) is 37.8 Å². The normalized spacial score (nSPS) is 24.3. The SMILES string of the molecule is O=C(NC1C[C@H]2CC[C@H](C1)N2Cc1ccc2cc(F)ccc2c1)N1CCc2cc(F)ccc2C1. The molecule has 3 heterocycles. The molecule has 0 saturated carbocycles. The Labute approximate surface area is 198 Å². The average molecular weight is 462 g/mol. The first-order valence-corrected chi connectivity index (χ1v) is 12.3. The van der Waals surface area contributed by atoms with E-state index in [0.29, 0.717) is 31.6 Å². The third kappa shape index (κ3) is 4.16. The Morgan fingerprint density at radius 2 is 1.59 bits per heavy atom. The van der Waals surface area contributed by atoms with Gasteiger partial charge < -0.3 is 10.2 Å². The molecule has 3 aliphatic heterocycles. The number of nitrogens with zero attached hydrogens (tertiary/aromatic N) is 2. The van der Waals surface area contributed by atoms with Crippen LogP contribution in [0.1, 0.15) is 42.4 Å². The third-order valence-corrected chi connectivity index (χ3v) is 7.91. The molecule has 4 nitrogen and oxygen atoms in total. The number of rotatable bonds is 3. The van der Waals surface area contributed by atoms with Gasteiger partial charge in [0.2, 0.25) is 0 Å². The van der Waals surface area contributed by atoms with Crippen molar-refractivity contribution in [2.45, 2.75) is 63.3 Å². The quantitative estimate of drug-likeness (QED) is 0.568. The zero-order valence-corrected chi connectivity index (χ0v) is 19.1. The monoisotopic (exact) mass is 461 g/mol. The molecular weight excluding hydrogens is 432 g/mol. The van der Waals surface area contributed by atoms with Crippen LogP contribution in [0.25, 0.3) is 10.8 Å². The van der Waals surface area contributed by atoms with Gasteiger partial charge in [0.25, 0.3) is 0 Å². The van der Waals surface area contributed by atoms with Gasteiger partial charge in [-0.05, 0) is 89.9 Å². The van der Waals surface area contributed by atoms with E-state index < -0.39 is 0 Å². The van der Waals surface area contributed by atoms with E-state index in [1.807, 2.05) is 17.0 Å². The van der Waals surface area contributed by atoms with Gasteiger partial charge in [-0.15, -0.1) is 0 Å². The lowest BCUT2D eigenvalue weighted by molar-refractivity contribution is 0.107. The summed E-state index contributed by atoms with van der Waals surface area (Å²) in [5, 5.41) is 5.29. The summed E-state index contributed by atoms with van der Waals surface area (Å²) in [7, 11) is 0. The number of amides is 2. The van der Waals surface area contributed by atoms with Crippen LogP contribution in [0, 0.1) is 11.6 Å². The number of carbonyl (C=O) groups excluding carboxylic acids is 1. The van der Waals surface area contributed by atoms with Gasteiger partial charge >= 0.3 is 6.03 Å². The van der Waals surface area contributed by atoms with E-state index in [1.165, 1.54) is 30.5 Å². The Balaban J connectivity index is 1.08. The number of hydrogen-bond donors (Lipinski definition) is 1. The average Bonchev–Trinajstić information content (AvgIpc) is 3.06. The maximum Gasteiger partial charge on any atom is 0.317 e. The molecule has 2 amide bonds. The molecular formula is C28H29F2N3O. The minimum absolute atomic E-state index is 0.00501. The fourth-order valence-corrected chi connectivity index (χ4v) is 6.19. The molecule has 3 aromatic carbocycles. The van der Waals surface area contributed by atoms with E-state index >= 15 is 0 Å². The lowest BCUT2D eigenvalue weighted by atomic mass is 9.96. The lowest BCUT2D eigenvalue weighted by Gasteiger charge is -2.40. The second kappa shape index (κ2) is 8.66. The highest BCUT2D eigenvalue weighted by Crippen LogP contribution is 2.37. The molecule has 2 fully saturated rings. The number of piperidine rings is 1. The molecule has 2 atom stereocenters. The fraction of sp³-hybridized carbons (Fsp3) is 0.393. The van der Waals surface area contributed by atoms with Gasteiger partial charge in [-0.2, -0.15) is 0 Å².